The molecule has 1 fully saturated rings. The van der Waals surface area contributed by atoms with Gasteiger partial charge in [-0.15, -0.1) is 11.3 Å². The van der Waals surface area contributed by atoms with Crippen molar-refractivity contribution in [2.45, 2.75) is 38.7 Å². The number of aromatic nitrogens is 2. The van der Waals surface area contributed by atoms with Gasteiger partial charge in [-0.1, -0.05) is 0 Å². The molecule has 18 heavy (non-hydrogen) atoms. The summed E-state index contributed by atoms with van der Waals surface area (Å²) in [5, 5.41) is 14.5. The van der Waals surface area contributed by atoms with E-state index in [-0.39, 0.29) is 0 Å². The molecule has 2 aromatic rings. The first-order valence-electron chi connectivity index (χ1n) is 6.26. The third-order valence-corrected chi connectivity index (χ3v) is 4.95. The Kier molecular flexibility index (Phi) is 2.75. The number of aliphatic hydroxyl groups is 1. The van der Waals surface area contributed by atoms with Crippen molar-refractivity contribution in [3.05, 3.63) is 16.8 Å². The molecular weight excluding hydrogens is 246 g/mol. The highest BCUT2D eigenvalue weighted by Crippen LogP contribution is 2.35. The zero-order valence-corrected chi connectivity index (χ0v) is 11.5. The molecule has 3 rings (SSSR count). The molecule has 0 radical (unpaired) electrons. The van der Waals surface area contributed by atoms with E-state index in [9.17, 15) is 5.11 Å². The van der Waals surface area contributed by atoms with E-state index in [1.54, 1.807) is 17.7 Å². The topological polar surface area (TPSA) is 58.0 Å². The minimum atomic E-state index is -0.532. The van der Waals surface area contributed by atoms with Gasteiger partial charge >= 0.3 is 0 Å². The van der Waals surface area contributed by atoms with Gasteiger partial charge in [0.05, 0.1) is 11.0 Å². The van der Waals surface area contributed by atoms with Crippen LogP contribution in [0.25, 0.3) is 10.2 Å². The van der Waals surface area contributed by atoms with Crippen LogP contribution in [0.5, 0.6) is 0 Å². The first-order chi connectivity index (χ1) is 8.59. The van der Waals surface area contributed by atoms with Crippen molar-refractivity contribution in [3.63, 3.8) is 0 Å². The molecule has 0 unspecified atom stereocenters. The quantitative estimate of drug-likeness (QED) is 0.893. The van der Waals surface area contributed by atoms with E-state index in [0.29, 0.717) is 6.54 Å². The molecule has 0 aliphatic heterocycles. The molecule has 0 atom stereocenters. The average molecular weight is 263 g/mol. The number of thiophene rings is 1. The van der Waals surface area contributed by atoms with Crippen molar-refractivity contribution >= 4 is 27.4 Å². The van der Waals surface area contributed by atoms with Crippen LogP contribution in [0.15, 0.2) is 6.33 Å². The molecule has 0 amide bonds. The summed E-state index contributed by atoms with van der Waals surface area (Å²) in [6, 6.07) is 0. The van der Waals surface area contributed by atoms with Crippen LogP contribution in [0.3, 0.4) is 0 Å². The number of fused-ring (bicyclic) bond motifs is 1. The Labute approximate surface area is 110 Å². The minimum Gasteiger partial charge on any atom is -0.388 e. The zero-order chi connectivity index (χ0) is 12.8. The molecule has 1 saturated carbocycles. The number of hydrogen-bond acceptors (Lipinski definition) is 5. The second kappa shape index (κ2) is 4.17. The van der Waals surface area contributed by atoms with Crippen molar-refractivity contribution in [2.24, 2.45) is 0 Å². The molecule has 2 heterocycles. The summed E-state index contributed by atoms with van der Waals surface area (Å²) >= 11 is 1.69. The van der Waals surface area contributed by atoms with Crippen LogP contribution >= 0.6 is 11.3 Å². The molecule has 0 aromatic carbocycles. The summed E-state index contributed by atoms with van der Waals surface area (Å²) in [7, 11) is 0. The van der Waals surface area contributed by atoms with E-state index in [4.69, 9.17) is 0 Å². The molecule has 1 aliphatic rings. The molecule has 2 N–H and O–H groups in total. The van der Waals surface area contributed by atoms with Gasteiger partial charge in [0.1, 0.15) is 17.0 Å². The van der Waals surface area contributed by atoms with Crippen molar-refractivity contribution in [1.29, 1.82) is 0 Å². The van der Waals surface area contributed by atoms with Crippen molar-refractivity contribution in [2.75, 3.05) is 11.9 Å². The van der Waals surface area contributed by atoms with Crippen LogP contribution in [0.2, 0.25) is 0 Å². The van der Waals surface area contributed by atoms with Gasteiger partial charge in [0.2, 0.25) is 0 Å². The van der Waals surface area contributed by atoms with Gasteiger partial charge in [0, 0.05) is 11.4 Å². The third-order valence-electron chi connectivity index (χ3n) is 3.83. The van der Waals surface area contributed by atoms with Gasteiger partial charge in [-0.2, -0.15) is 0 Å². The lowest BCUT2D eigenvalue weighted by molar-refractivity contribution is -0.0202. The molecule has 0 saturated heterocycles. The predicted molar refractivity (Wildman–Crippen MR) is 74.2 cm³/mol. The van der Waals surface area contributed by atoms with Crippen molar-refractivity contribution in [3.8, 4) is 0 Å². The van der Waals surface area contributed by atoms with E-state index in [1.165, 1.54) is 10.4 Å². The smallest absolute Gasteiger partial charge is 0.138 e. The molecular formula is C13H17N3OS. The van der Waals surface area contributed by atoms with Crippen LogP contribution in [0.1, 0.15) is 29.7 Å². The van der Waals surface area contributed by atoms with Crippen LogP contribution in [-0.4, -0.2) is 27.2 Å². The first-order valence-corrected chi connectivity index (χ1v) is 7.08. The molecule has 0 spiro atoms. The molecule has 0 bridgehead atoms. The summed E-state index contributed by atoms with van der Waals surface area (Å²) < 4.78 is 0. The third kappa shape index (κ3) is 1.87. The highest BCUT2D eigenvalue weighted by atomic mass is 32.1. The Morgan fingerprint density at radius 1 is 1.39 bits per heavy atom. The highest BCUT2D eigenvalue weighted by molar-refractivity contribution is 7.18. The maximum absolute atomic E-state index is 10.1. The lowest BCUT2D eigenvalue weighted by Crippen LogP contribution is -2.43. The fourth-order valence-electron chi connectivity index (χ4n) is 2.33. The summed E-state index contributed by atoms with van der Waals surface area (Å²) in [4.78, 5) is 10.9. The maximum atomic E-state index is 10.1. The number of nitrogens with one attached hydrogen (secondary N) is 1. The number of rotatable bonds is 3. The number of aryl methyl sites for hydroxylation is 2. The van der Waals surface area contributed by atoms with Gasteiger partial charge in [-0.25, -0.2) is 9.97 Å². The Hall–Kier alpha value is -1.20. The number of nitrogens with zero attached hydrogens (tertiary/aromatic N) is 2. The zero-order valence-electron chi connectivity index (χ0n) is 10.7. The lowest BCUT2D eigenvalue weighted by Gasteiger charge is -2.36. The molecule has 1 aliphatic carbocycles. The summed E-state index contributed by atoms with van der Waals surface area (Å²) in [5.74, 6) is 0.849. The number of anilines is 1. The Morgan fingerprint density at radius 3 is 2.83 bits per heavy atom. The van der Waals surface area contributed by atoms with Crippen LogP contribution in [0.4, 0.5) is 5.82 Å². The molecule has 5 heteroatoms. The van der Waals surface area contributed by atoms with Crippen LogP contribution in [0, 0.1) is 13.8 Å². The first kappa shape index (κ1) is 11.9. The van der Waals surface area contributed by atoms with Gasteiger partial charge in [0.15, 0.2) is 0 Å². The summed E-state index contributed by atoms with van der Waals surface area (Å²) in [6.07, 6.45) is 4.48. The number of hydrogen-bond donors (Lipinski definition) is 2. The molecule has 4 nitrogen and oxygen atoms in total. The van der Waals surface area contributed by atoms with E-state index in [1.807, 2.05) is 0 Å². The molecule has 2 aromatic heterocycles. The van der Waals surface area contributed by atoms with Crippen molar-refractivity contribution < 1.29 is 5.11 Å². The van der Waals surface area contributed by atoms with Gasteiger partial charge in [-0.05, 0) is 38.7 Å². The normalized spacial score (nSPS) is 17.7. The van der Waals surface area contributed by atoms with Crippen LogP contribution in [-0.2, 0) is 0 Å². The second-order valence-corrected chi connectivity index (χ2v) is 6.32. The van der Waals surface area contributed by atoms with Gasteiger partial charge in [-0.3, -0.25) is 0 Å². The lowest BCUT2D eigenvalue weighted by atomic mass is 9.80. The average Bonchev–Trinajstić information content (AvgIpc) is 2.61. The largest absolute Gasteiger partial charge is 0.388 e. The monoisotopic (exact) mass is 263 g/mol. The SMILES string of the molecule is Cc1sc2ncnc(NCC3(O)CCC3)c2c1C. The van der Waals surface area contributed by atoms with Crippen LogP contribution < -0.4 is 5.32 Å². The Balaban J connectivity index is 1.91. The second-order valence-electron chi connectivity index (χ2n) is 5.12. The Morgan fingerprint density at radius 2 is 2.17 bits per heavy atom. The predicted octanol–water partition coefficient (Wildman–Crippen LogP) is 2.64. The van der Waals surface area contributed by atoms with E-state index in [0.717, 1.165) is 35.3 Å². The maximum Gasteiger partial charge on any atom is 0.138 e. The fraction of sp³-hybridized carbons (Fsp3) is 0.538. The van der Waals surface area contributed by atoms with E-state index < -0.39 is 5.60 Å². The van der Waals surface area contributed by atoms with Crippen molar-refractivity contribution in [1.82, 2.24) is 9.97 Å². The fourth-order valence-corrected chi connectivity index (χ4v) is 3.32. The summed E-state index contributed by atoms with van der Waals surface area (Å²) in [5.41, 5.74) is 0.703. The Bertz CT molecular complexity index is 589. The summed E-state index contributed by atoms with van der Waals surface area (Å²) in [6.45, 7) is 4.78. The standard InChI is InChI=1S/C13H17N3OS/c1-8-9(2)18-12-10(8)11(15-7-16-12)14-6-13(17)4-3-5-13/h7,17H,3-6H2,1-2H3,(H,14,15,16). The minimum absolute atomic E-state index is 0.532. The van der Waals surface area contributed by atoms with E-state index >= 15 is 0 Å². The van der Waals surface area contributed by atoms with Gasteiger partial charge in [0.25, 0.3) is 0 Å². The van der Waals surface area contributed by atoms with E-state index in [2.05, 4.69) is 29.1 Å². The van der Waals surface area contributed by atoms with Gasteiger partial charge < -0.3 is 10.4 Å². The molecule has 96 valence electrons. The highest BCUT2D eigenvalue weighted by Gasteiger charge is 2.34.